The average molecular weight is 585 g/mol. The third-order valence-corrected chi connectivity index (χ3v) is 9.96. The minimum absolute atomic E-state index is 0.239. The van der Waals surface area contributed by atoms with Gasteiger partial charge in [0.25, 0.3) is 0 Å². The summed E-state index contributed by atoms with van der Waals surface area (Å²) in [6, 6.07) is 16.0. The van der Waals surface area contributed by atoms with Crippen molar-refractivity contribution in [2.24, 2.45) is 17.8 Å². The van der Waals surface area contributed by atoms with Crippen molar-refractivity contribution in [1.29, 1.82) is 0 Å². The fraction of sp³-hybridized carbons (Fsp3) is 0.450. The number of hydrogen-bond donors (Lipinski definition) is 0. The third kappa shape index (κ3) is 7.72. The second-order valence-corrected chi connectivity index (χ2v) is 12.8. The highest BCUT2D eigenvalue weighted by molar-refractivity contribution is 5.74. The molecule has 0 heterocycles. The Kier molecular flexibility index (Phi) is 11.0. The topological polar surface area (TPSA) is 0 Å². The lowest BCUT2D eigenvalue weighted by molar-refractivity contribution is 0.212. The van der Waals surface area contributed by atoms with E-state index in [-0.39, 0.29) is 11.4 Å². The minimum atomic E-state index is -0.807. The third-order valence-electron chi connectivity index (χ3n) is 9.96. The SMILES string of the molecule is CC=CC1CCC(C2CC=C(c3ccc(-c4ccc(-c5ccc(CCCCCCC)c(F)c5F)cc4)c(F)c3)CC2)CC1. The summed E-state index contributed by atoms with van der Waals surface area (Å²) in [6.45, 7) is 4.28. The van der Waals surface area contributed by atoms with Crippen LogP contribution >= 0.6 is 0 Å². The number of allylic oxidation sites excluding steroid dienone is 4. The molecule has 2 aliphatic carbocycles. The fourth-order valence-electron chi connectivity index (χ4n) is 7.33. The van der Waals surface area contributed by atoms with Gasteiger partial charge in [-0.2, -0.15) is 0 Å². The first-order valence-corrected chi connectivity index (χ1v) is 16.7. The van der Waals surface area contributed by atoms with Crippen LogP contribution in [0.1, 0.15) is 102 Å². The molecule has 1 saturated carbocycles. The van der Waals surface area contributed by atoms with Gasteiger partial charge in [-0.05, 0) is 116 Å². The van der Waals surface area contributed by atoms with E-state index in [9.17, 15) is 4.39 Å². The van der Waals surface area contributed by atoms with E-state index >= 15 is 8.78 Å². The number of aryl methyl sites for hydroxylation is 1. The Hall–Kier alpha value is -3.07. The predicted octanol–water partition coefficient (Wildman–Crippen LogP) is 12.5. The first kappa shape index (κ1) is 31.4. The number of unbranched alkanes of at least 4 members (excludes halogenated alkanes) is 4. The van der Waals surface area contributed by atoms with Gasteiger partial charge in [0.2, 0.25) is 0 Å². The van der Waals surface area contributed by atoms with Gasteiger partial charge in [0, 0.05) is 11.1 Å². The molecule has 3 heteroatoms. The molecule has 0 amide bonds. The molecule has 5 rings (SSSR count). The highest BCUT2D eigenvalue weighted by Gasteiger charge is 2.28. The van der Waals surface area contributed by atoms with Crippen LogP contribution < -0.4 is 0 Å². The van der Waals surface area contributed by atoms with Crippen LogP contribution in [0.25, 0.3) is 27.8 Å². The number of benzene rings is 3. The van der Waals surface area contributed by atoms with E-state index in [4.69, 9.17) is 0 Å². The zero-order valence-corrected chi connectivity index (χ0v) is 26.0. The van der Waals surface area contributed by atoms with Crippen LogP contribution in [0, 0.1) is 35.2 Å². The molecule has 2 aliphatic rings. The van der Waals surface area contributed by atoms with Gasteiger partial charge in [-0.1, -0.05) is 99.4 Å². The zero-order chi connectivity index (χ0) is 30.2. The van der Waals surface area contributed by atoms with Gasteiger partial charge in [-0.3, -0.25) is 0 Å². The second-order valence-electron chi connectivity index (χ2n) is 12.8. The zero-order valence-electron chi connectivity index (χ0n) is 26.0. The molecule has 43 heavy (non-hydrogen) atoms. The quantitative estimate of drug-likeness (QED) is 0.155. The smallest absolute Gasteiger partial charge is 0.166 e. The molecule has 1 atom stereocenters. The summed E-state index contributed by atoms with van der Waals surface area (Å²) in [7, 11) is 0. The molecule has 0 nitrogen and oxygen atoms in total. The van der Waals surface area contributed by atoms with Gasteiger partial charge >= 0.3 is 0 Å². The second kappa shape index (κ2) is 15.1. The van der Waals surface area contributed by atoms with E-state index in [1.807, 2.05) is 12.1 Å². The molecule has 0 spiro atoms. The molecule has 0 aromatic heterocycles. The van der Waals surface area contributed by atoms with Gasteiger partial charge in [0.05, 0.1) is 0 Å². The Labute approximate surface area is 257 Å². The number of rotatable bonds is 11. The van der Waals surface area contributed by atoms with Crippen molar-refractivity contribution in [3.05, 3.63) is 101 Å². The van der Waals surface area contributed by atoms with E-state index in [0.717, 1.165) is 67.4 Å². The van der Waals surface area contributed by atoms with Crippen LogP contribution in [0.15, 0.2) is 72.8 Å². The highest BCUT2D eigenvalue weighted by Crippen LogP contribution is 2.42. The molecule has 0 saturated heterocycles. The average Bonchev–Trinajstić information content (AvgIpc) is 3.04. The van der Waals surface area contributed by atoms with Gasteiger partial charge in [0.15, 0.2) is 11.6 Å². The van der Waals surface area contributed by atoms with E-state index in [1.165, 1.54) is 44.1 Å². The lowest BCUT2D eigenvalue weighted by Crippen LogP contribution is -2.22. The van der Waals surface area contributed by atoms with Gasteiger partial charge in [-0.25, -0.2) is 13.2 Å². The lowest BCUT2D eigenvalue weighted by Gasteiger charge is -2.34. The standard InChI is InChI=1S/C40H47F3/c1-3-5-6-7-8-10-34-23-26-37(40(43)39(34)42)33-21-19-32(20-22-33)36-25-24-35(27-38(36)41)31-17-15-30(16-18-31)29-13-11-28(9-4-2)12-14-29/h4,9,17,19-30H,3,5-8,10-16,18H2,1-2H3. The molecule has 228 valence electrons. The fourth-order valence-corrected chi connectivity index (χ4v) is 7.33. The lowest BCUT2D eigenvalue weighted by atomic mass is 9.71. The Balaban J connectivity index is 1.21. The van der Waals surface area contributed by atoms with Crippen LogP contribution in [0.3, 0.4) is 0 Å². The molecule has 0 N–H and O–H groups in total. The first-order valence-electron chi connectivity index (χ1n) is 16.7. The summed E-state index contributed by atoms with van der Waals surface area (Å²) in [5, 5.41) is 0. The summed E-state index contributed by atoms with van der Waals surface area (Å²) in [5.41, 5.74) is 4.73. The molecule has 3 aromatic carbocycles. The summed E-state index contributed by atoms with van der Waals surface area (Å²) in [4.78, 5) is 0. The predicted molar refractivity (Wildman–Crippen MR) is 175 cm³/mol. The normalized spacial score (nSPS) is 20.9. The highest BCUT2D eigenvalue weighted by atomic mass is 19.2. The maximum atomic E-state index is 15.4. The van der Waals surface area contributed by atoms with Crippen LogP contribution in [-0.4, -0.2) is 0 Å². The molecule has 0 radical (unpaired) electrons. The molecule has 1 fully saturated rings. The Morgan fingerprint density at radius 3 is 2.02 bits per heavy atom. The molecular formula is C40H47F3. The van der Waals surface area contributed by atoms with E-state index in [2.05, 4.69) is 32.1 Å². The number of halogens is 3. The first-order chi connectivity index (χ1) is 21.0. The van der Waals surface area contributed by atoms with Gasteiger partial charge in [0.1, 0.15) is 5.82 Å². The van der Waals surface area contributed by atoms with Crippen LogP contribution in [0.5, 0.6) is 0 Å². The monoisotopic (exact) mass is 584 g/mol. The minimum Gasteiger partial charge on any atom is -0.206 e. The van der Waals surface area contributed by atoms with Crippen LogP contribution in [-0.2, 0) is 6.42 Å². The number of hydrogen-bond acceptors (Lipinski definition) is 0. The molecule has 0 aliphatic heterocycles. The maximum Gasteiger partial charge on any atom is 0.166 e. The summed E-state index contributed by atoms with van der Waals surface area (Å²) in [5.74, 6) is 0.528. The summed E-state index contributed by atoms with van der Waals surface area (Å²) in [6.07, 6.45) is 21.4. The van der Waals surface area contributed by atoms with E-state index in [0.29, 0.717) is 23.1 Å². The maximum absolute atomic E-state index is 15.4. The van der Waals surface area contributed by atoms with Crippen molar-refractivity contribution in [2.75, 3.05) is 0 Å². The Morgan fingerprint density at radius 1 is 0.698 bits per heavy atom. The van der Waals surface area contributed by atoms with Crippen LogP contribution in [0.4, 0.5) is 13.2 Å². The van der Waals surface area contributed by atoms with E-state index in [1.54, 1.807) is 42.5 Å². The van der Waals surface area contributed by atoms with Crippen molar-refractivity contribution in [2.45, 2.75) is 97.3 Å². The largest absolute Gasteiger partial charge is 0.206 e. The summed E-state index contributed by atoms with van der Waals surface area (Å²) >= 11 is 0. The Bertz CT molecular complexity index is 1410. The van der Waals surface area contributed by atoms with Crippen molar-refractivity contribution >= 4 is 5.57 Å². The van der Waals surface area contributed by atoms with Crippen molar-refractivity contribution in [1.82, 2.24) is 0 Å². The van der Waals surface area contributed by atoms with Crippen molar-refractivity contribution < 1.29 is 13.2 Å². The molecule has 1 unspecified atom stereocenters. The van der Waals surface area contributed by atoms with Crippen LogP contribution in [0.2, 0.25) is 0 Å². The van der Waals surface area contributed by atoms with Crippen molar-refractivity contribution in [3.63, 3.8) is 0 Å². The molecule has 0 bridgehead atoms. The van der Waals surface area contributed by atoms with Gasteiger partial charge in [-0.15, -0.1) is 0 Å². The van der Waals surface area contributed by atoms with Crippen molar-refractivity contribution in [3.8, 4) is 22.3 Å². The van der Waals surface area contributed by atoms with E-state index < -0.39 is 11.6 Å². The Morgan fingerprint density at radius 2 is 1.37 bits per heavy atom. The molecule has 3 aromatic rings. The van der Waals surface area contributed by atoms with Gasteiger partial charge < -0.3 is 0 Å². The molecular weight excluding hydrogens is 537 g/mol. The summed E-state index contributed by atoms with van der Waals surface area (Å²) < 4.78 is 45.2.